The summed E-state index contributed by atoms with van der Waals surface area (Å²) in [6.45, 7) is 3.47. The normalized spacial score (nSPS) is 22.7. The number of nitriles is 1. The summed E-state index contributed by atoms with van der Waals surface area (Å²) in [5, 5.41) is 13.1. The van der Waals surface area contributed by atoms with E-state index < -0.39 is 5.60 Å². The van der Waals surface area contributed by atoms with E-state index in [1.807, 2.05) is 6.07 Å². The average Bonchev–Trinajstić information content (AvgIpc) is 3.00. The Morgan fingerprint density at radius 3 is 2.52 bits per heavy atom. The molecule has 1 N–H and O–H groups in total. The molecule has 8 heteroatoms. The van der Waals surface area contributed by atoms with Crippen LogP contribution in [-0.2, 0) is 4.79 Å². The van der Waals surface area contributed by atoms with E-state index in [9.17, 15) is 4.79 Å². The van der Waals surface area contributed by atoms with Gasteiger partial charge in [0.15, 0.2) is 5.60 Å². The standard InChI is InChI=1S/C23H24Cl2N4O2/c1-23(2,31-20-7-4-15(24)9-19(20)25)22(30)28-16-10-17-5-6-18(11-16)29(17)21-8-3-14(12-26)13-27-21/h3-4,7-9,13,16-18H,5-6,10-11H2,1-2H3,(H,28,30)/t16?,17-,18+. The van der Waals surface area contributed by atoms with Crippen LogP contribution in [0, 0.1) is 11.3 Å². The number of amides is 1. The molecule has 1 unspecified atom stereocenters. The monoisotopic (exact) mass is 458 g/mol. The molecule has 162 valence electrons. The zero-order valence-corrected chi connectivity index (χ0v) is 19.0. The second kappa shape index (κ2) is 8.57. The number of carbonyl (C=O) groups excluding carboxylic acids is 1. The maximum atomic E-state index is 13.0. The van der Waals surface area contributed by atoms with Crippen LogP contribution in [0.4, 0.5) is 5.82 Å². The molecule has 2 aliphatic heterocycles. The van der Waals surface area contributed by atoms with Crippen molar-refractivity contribution in [2.45, 2.75) is 63.3 Å². The maximum absolute atomic E-state index is 13.0. The second-order valence-electron chi connectivity index (χ2n) is 8.64. The van der Waals surface area contributed by atoms with Crippen LogP contribution < -0.4 is 15.0 Å². The number of rotatable bonds is 5. The Morgan fingerprint density at radius 1 is 1.23 bits per heavy atom. The molecule has 0 spiro atoms. The Morgan fingerprint density at radius 2 is 1.94 bits per heavy atom. The number of ether oxygens (including phenoxy) is 1. The molecule has 2 aliphatic rings. The van der Waals surface area contributed by atoms with Crippen LogP contribution >= 0.6 is 23.2 Å². The Bertz CT molecular complexity index is 1010. The first-order valence-corrected chi connectivity index (χ1v) is 11.1. The second-order valence-corrected chi connectivity index (χ2v) is 9.48. The minimum atomic E-state index is -1.08. The van der Waals surface area contributed by atoms with Gasteiger partial charge in [-0.15, -0.1) is 0 Å². The van der Waals surface area contributed by atoms with Gasteiger partial charge < -0.3 is 15.0 Å². The lowest BCUT2D eigenvalue weighted by atomic mass is 9.96. The summed E-state index contributed by atoms with van der Waals surface area (Å²) in [5.41, 5.74) is -0.524. The molecule has 1 aromatic carbocycles. The fourth-order valence-electron chi connectivity index (χ4n) is 4.51. The van der Waals surface area contributed by atoms with E-state index >= 15 is 0 Å². The fourth-order valence-corrected chi connectivity index (χ4v) is 4.96. The van der Waals surface area contributed by atoms with Crippen LogP contribution in [0.1, 0.15) is 45.1 Å². The highest BCUT2D eigenvalue weighted by Gasteiger charge is 2.43. The number of halogens is 2. The number of aromatic nitrogens is 1. The van der Waals surface area contributed by atoms with Gasteiger partial charge in [-0.25, -0.2) is 4.98 Å². The van der Waals surface area contributed by atoms with Crippen molar-refractivity contribution < 1.29 is 9.53 Å². The molecule has 3 heterocycles. The third-order valence-corrected chi connectivity index (χ3v) is 6.55. The highest BCUT2D eigenvalue weighted by Crippen LogP contribution is 2.39. The Balaban J connectivity index is 1.40. The molecule has 3 atom stereocenters. The van der Waals surface area contributed by atoms with Crippen molar-refractivity contribution in [1.82, 2.24) is 10.3 Å². The quantitative estimate of drug-likeness (QED) is 0.699. The molecule has 31 heavy (non-hydrogen) atoms. The first-order valence-electron chi connectivity index (χ1n) is 10.4. The van der Waals surface area contributed by atoms with Gasteiger partial charge in [0, 0.05) is 29.3 Å². The van der Waals surface area contributed by atoms with Crippen molar-refractivity contribution in [2.24, 2.45) is 0 Å². The Kier molecular flexibility index (Phi) is 6.00. The van der Waals surface area contributed by atoms with Crippen molar-refractivity contribution in [3.05, 3.63) is 52.1 Å². The molecule has 4 rings (SSSR count). The van der Waals surface area contributed by atoms with Gasteiger partial charge in [0.1, 0.15) is 17.6 Å². The number of nitrogens with one attached hydrogen (secondary N) is 1. The third kappa shape index (κ3) is 4.58. The topological polar surface area (TPSA) is 78.2 Å². The summed E-state index contributed by atoms with van der Waals surface area (Å²) in [7, 11) is 0. The highest BCUT2D eigenvalue weighted by atomic mass is 35.5. The summed E-state index contributed by atoms with van der Waals surface area (Å²) in [6.07, 6.45) is 5.45. The molecule has 0 saturated carbocycles. The van der Waals surface area contributed by atoms with Gasteiger partial charge in [-0.3, -0.25) is 4.79 Å². The Labute approximate surface area is 192 Å². The summed E-state index contributed by atoms with van der Waals surface area (Å²) in [6, 6.07) is 11.5. The SMILES string of the molecule is CC(C)(Oc1ccc(Cl)cc1Cl)C(=O)NC1C[C@H]2CC[C@@H](C1)N2c1ccc(C#N)cn1. The van der Waals surface area contributed by atoms with Crippen molar-refractivity contribution in [2.75, 3.05) is 4.90 Å². The zero-order valence-electron chi connectivity index (χ0n) is 17.4. The zero-order chi connectivity index (χ0) is 22.2. The van der Waals surface area contributed by atoms with E-state index in [4.69, 9.17) is 33.2 Å². The van der Waals surface area contributed by atoms with Gasteiger partial charge in [-0.05, 0) is 69.9 Å². The van der Waals surface area contributed by atoms with Gasteiger partial charge in [0.2, 0.25) is 0 Å². The van der Waals surface area contributed by atoms with Crippen LogP contribution in [-0.4, -0.2) is 34.6 Å². The van der Waals surface area contributed by atoms with E-state index in [1.165, 1.54) is 0 Å². The summed E-state index contributed by atoms with van der Waals surface area (Å²) >= 11 is 12.1. The van der Waals surface area contributed by atoms with Crippen molar-refractivity contribution in [1.29, 1.82) is 5.26 Å². The number of anilines is 1. The lowest BCUT2D eigenvalue weighted by molar-refractivity contribution is -0.135. The van der Waals surface area contributed by atoms with E-state index in [0.717, 1.165) is 31.5 Å². The largest absolute Gasteiger partial charge is 0.476 e. The summed E-state index contributed by atoms with van der Waals surface area (Å²) in [4.78, 5) is 19.8. The van der Waals surface area contributed by atoms with Gasteiger partial charge in [-0.1, -0.05) is 23.2 Å². The van der Waals surface area contributed by atoms with E-state index in [1.54, 1.807) is 44.3 Å². The molecule has 2 aromatic rings. The predicted molar refractivity (Wildman–Crippen MR) is 121 cm³/mol. The lowest BCUT2D eigenvalue weighted by Crippen LogP contribution is -2.55. The number of pyridine rings is 1. The highest BCUT2D eigenvalue weighted by molar-refractivity contribution is 6.35. The number of fused-ring (bicyclic) bond motifs is 2. The van der Waals surface area contributed by atoms with Crippen LogP contribution in [0.3, 0.4) is 0 Å². The minimum Gasteiger partial charge on any atom is -0.476 e. The van der Waals surface area contributed by atoms with E-state index in [-0.39, 0.29) is 11.9 Å². The van der Waals surface area contributed by atoms with Crippen LogP contribution in [0.15, 0.2) is 36.5 Å². The molecule has 2 saturated heterocycles. The van der Waals surface area contributed by atoms with Gasteiger partial charge in [-0.2, -0.15) is 5.26 Å². The number of benzene rings is 1. The molecule has 2 bridgehead atoms. The fraction of sp³-hybridized carbons (Fsp3) is 0.435. The van der Waals surface area contributed by atoms with Gasteiger partial charge in [0.25, 0.3) is 5.91 Å². The average molecular weight is 459 g/mol. The number of nitrogens with zero attached hydrogens (tertiary/aromatic N) is 3. The molecular weight excluding hydrogens is 435 g/mol. The summed E-state index contributed by atoms with van der Waals surface area (Å²) in [5.74, 6) is 1.15. The van der Waals surface area contributed by atoms with Crippen molar-refractivity contribution in [3.8, 4) is 11.8 Å². The maximum Gasteiger partial charge on any atom is 0.263 e. The molecule has 2 fully saturated rings. The lowest BCUT2D eigenvalue weighted by Gasteiger charge is -2.40. The first kappa shape index (κ1) is 21.7. The van der Waals surface area contributed by atoms with Gasteiger partial charge >= 0.3 is 0 Å². The third-order valence-electron chi connectivity index (χ3n) is 6.02. The molecule has 0 radical (unpaired) electrons. The van der Waals surface area contributed by atoms with E-state index in [0.29, 0.717) is 33.4 Å². The summed E-state index contributed by atoms with van der Waals surface area (Å²) < 4.78 is 5.92. The predicted octanol–water partition coefficient (Wildman–Crippen LogP) is 4.73. The molecular formula is C23H24Cl2N4O2. The van der Waals surface area contributed by atoms with Crippen LogP contribution in [0.2, 0.25) is 10.0 Å². The molecule has 0 aliphatic carbocycles. The minimum absolute atomic E-state index is 0.0724. The van der Waals surface area contributed by atoms with Crippen molar-refractivity contribution >= 4 is 34.9 Å². The number of hydrogen-bond acceptors (Lipinski definition) is 5. The van der Waals surface area contributed by atoms with E-state index in [2.05, 4.69) is 21.3 Å². The first-order chi connectivity index (χ1) is 14.8. The smallest absolute Gasteiger partial charge is 0.263 e. The molecule has 6 nitrogen and oxygen atoms in total. The van der Waals surface area contributed by atoms with Crippen molar-refractivity contribution in [3.63, 3.8) is 0 Å². The molecule has 1 aromatic heterocycles. The van der Waals surface area contributed by atoms with Crippen LogP contribution in [0.25, 0.3) is 0 Å². The Hall–Kier alpha value is -2.49. The number of carbonyl (C=O) groups is 1. The number of hydrogen-bond donors (Lipinski definition) is 1. The van der Waals surface area contributed by atoms with Crippen LogP contribution in [0.5, 0.6) is 5.75 Å². The molecule has 1 amide bonds. The number of piperidine rings is 1. The van der Waals surface area contributed by atoms with Gasteiger partial charge in [0.05, 0.1) is 10.6 Å².